The predicted molar refractivity (Wildman–Crippen MR) is 102 cm³/mol. The maximum Gasteiger partial charge on any atom is 0.416 e. The van der Waals surface area contributed by atoms with E-state index in [1.807, 2.05) is 6.92 Å². The van der Waals surface area contributed by atoms with Crippen molar-refractivity contribution in [2.45, 2.75) is 24.4 Å². The summed E-state index contributed by atoms with van der Waals surface area (Å²) in [6.45, 7) is 2.57. The van der Waals surface area contributed by atoms with Crippen LogP contribution in [0.1, 0.15) is 27.9 Å². The molecule has 0 aromatic heterocycles. The molecule has 0 bridgehead atoms. The summed E-state index contributed by atoms with van der Waals surface area (Å²) < 4.78 is 65.7. The van der Waals surface area contributed by atoms with Crippen molar-refractivity contribution in [1.29, 1.82) is 0 Å². The first-order valence-electron chi connectivity index (χ1n) is 9.12. The van der Waals surface area contributed by atoms with Gasteiger partial charge < -0.3 is 4.90 Å². The Hall–Kier alpha value is -2.39. The van der Waals surface area contributed by atoms with E-state index in [0.717, 1.165) is 17.7 Å². The van der Waals surface area contributed by atoms with Crippen LogP contribution in [0.3, 0.4) is 0 Å². The smallest absolute Gasteiger partial charge is 0.337 e. The van der Waals surface area contributed by atoms with E-state index in [9.17, 15) is 26.4 Å². The minimum atomic E-state index is -4.53. The fourth-order valence-corrected chi connectivity index (χ4v) is 4.68. The molecule has 1 aliphatic heterocycles. The fraction of sp³-hybridized carbons (Fsp3) is 0.350. The van der Waals surface area contributed by atoms with Crippen LogP contribution in [0.2, 0.25) is 0 Å². The van der Waals surface area contributed by atoms with Gasteiger partial charge in [-0.2, -0.15) is 17.5 Å². The molecule has 0 aliphatic carbocycles. The number of carbonyl (C=O) groups is 1. The second-order valence-electron chi connectivity index (χ2n) is 6.94. The van der Waals surface area contributed by atoms with E-state index >= 15 is 0 Å². The largest absolute Gasteiger partial charge is 0.416 e. The van der Waals surface area contributed by atoms with Gasteiger partial charge in [0.25, 0.3) is 5.91 Å². The van der Waals surface area contributed by atoms with E-state index in [2.05, 4.69) is 0 Å². The highest BCUT2D eigenvalue weighted by Crippen LogP contribution is 2.30. The molecule has 2 aromatic carbocycles. The molecule has 0 radical (unpaired) electrons. The number of halogens is 3. The number of amides is 1. The quantitative estimate of drug-likeness (QED) is 0.754. The second kappa shape index (κ2) is 8.16. The molecule has 0 saturated carbocycles. The van der Waals surface area contributed by atoms with Gasteiger partial charge in [-0.05, 0) is 43.7 Å². The molecule has 1 amide bonds. The van der Waals surface area contributed by atoms with Crippen LogP contribution >= 0.6 is 0 Å². The number of alkyl halides is 3. The zero-order chi connectivity index (χ0) is 21.2. The number of nitrogens with zero attached hydrogens (tertiary/aromatic N) is 2. The van der Waals surface area contributed by atoms with Gasteiger partial charge in [-0.1, -0.05) is 23.8 Å². The summed E-state index contributed by atoms with van der Waals surface area (Å²) in [4.78, 5) is 14.3. The monoisotopic (exact) mass is 426 g/mol. The Balaban J connectivity index is 1.74. The van der Waals surface area contributed by atoms with Crippen LogP contribution in [-0.4, -0.2) is 49.7 Å². The fourth-order valence-electron chi connectivity index (χ4n) is 3.21. The van der Waals surface area contributed by atoms with Crippen molar-refractivity contribution >= 4 is 15.9 Å². The lowest BCUT2D eigenvalue weighted by Gasteiger charge is -2.22. The Morgan fingerprint density at radius 3 is 2.31 bits per heavy atom. The lowest BCUT2D eigenvalue weighted by atomic mass is 10.1. The van der Waals surface area contributed by atoms with Gasteiger partial charge in [-0.15, -0.1) is 0 Å². The molecule has 1 aliphatic rings. The Morgan fingerprint density at radius 1 is 0.966 bits per heavy atom. The molecule has 1 saturated heterocycles. The van der Waals surface area contributed by atoms with E-state index < -0.39 is 27.7 Å². The van der Waals surface area contributed by atoms with Gasteiger partial charge in [-0.25, -0.2) is 8.42 Å². The van der Waals surface area contributed by atoms with Crippen LogP contribution in [0.25, 0.3) is 0 Å². The summed E-state index contributed by atoms with van der Waals surface area (Å²) in [6, 6.07) is 10.8. The third-order valence-corrected chi connectivity index (χ3v) is 6.75. The average molecular weight is 426 g/mol. The van der Waals surface area contributed by atoms with Crippen molar-refractivity contribution in [3.05, 3.63) is 65.2 Å². The van der Waals surface area contributed by atoms with E-state index in [0.29, 0.717) is 6.42 Å². The van der Waals surface area contributed by atoms with Crippen LogP contribution in [-0.2, 0) is 16.2 Å². The number of hydrogen-bond acceptors (Lipinski definition) is 3. The summed E-state index contributed by atoms with van der Waals surface area (Å²) in [5.74, 6) is -0.536. The molecule has 156 valence electrons. The van der Waals surface area contributed by atoms with E-state index in [4.69, 9.17) is 0 Å². The maximum absolute atomic E-state index is 12.9. The molecule has 9 heteroatoms. The Bertz CT molecular complexity index is 989. The highest BCUT2D eigenvalue weighted by Gasteiger charge is 2.32. The second-order valence-corrected chi connectivity index (χ2v) is 8.88. The van der Waals surface area contributed by atoms with Gasteiger partial charge >= 0.3 is 6.18 Å². The Morgan fingerprint density at radius 2 is 1.66 bits per heavy atom. The van der Waals surface area contributed by atoms with Crippen LogP contribution in [0.15, 0.2) is 53.4 Å². The number of rotatable bonds is 3. The van der Waals surface area contributed by atoms with Gasteiger partial charge in [-0.3, -0.25) is 4.79 Å². The number of hydrogen-bond donors (Lipinski definition) is 0. The summed E-state index contributed by atoms with van der Waals surface area (Å²) in [7, 11) is -3.70. The van der Waals surface area contributed by atoms with Crippen LogP contribution in [0, 0.1) is 6.92 Å². The van der Waals surface area contributed by atoms with Crippen molar-refractivity contribution in [1.82, 2.24) is 9.21 Å². The standard InChI is InChI=1S/C20H21F3N2O3S/c1-15-6-8-18(9-7-15)29(27,28)25-11-3-10-24(12-13-25)19(26)16-4-2-5-17(14-16)20(21,22)23/h2,4-9,14H,3,10-13H2,1H3. The Labute approximate surface area is 167 Å². The number of sulfonamides is 1. The highest BCUT2D eigenvalue weighted by molar-refractivity contribution is 7.89. The summed E-state index contributed by atoms with van der Waals surface area (Å²) in [6.07, 6.45) is -4.14. The van der Waals surface area contributed by atoms with E-state index in [1.165, 1.54) is 21.3 Å². The van der Waals surface area contributed by atoms with Crippen LogP contribution in [0.4, 0.5) is 13.2 Å². The molecule has 1 fully saturated rings. The number of carbonyl (C=O) groups excluding carboxylic acids is 1. The van der Waals surface area contributed by atoms with E-state index in [-0.39, 0.29) is 36.6 Å². The molecule has 1 heterocycles. The first kappa shape index (κ1) is 21.3. The van der Waals surface area contributed by atoms with Crippen molar-refractivity contribution in [2.75, 3.05) is 26.2 Å². The molecular weight excluding hydrogens is 405 g/mol. The average Bonchev–Trinajstić information content (AvgIpc) is 2.94. The number of benzene rings is 2. The SMILES string of the molecule is Cc1ccc(S(=O)(=O)N2CCCN(C(=O)c3cccc(C(F)(F)F)c3)CC2)cc1. The van der Waals surface area contributed by atoms with Gasteiger partial charge in [0, 0.05) is 31.7 Å². The molecule has 3 rings (SSSR count). The zero-order valence-electron chi connectivity index (χ0n) is 15.8. The molecule has 5 nitrogen and oxygen atoms in total. The van der Waals surface area contributed by atoms with Crippen molar-refractivity contribution in [2.24, 2.45) is 0 Å². The first-order valence-corrected chi connectivity index (χ1v) is 10.6. The number of aryl methyl sites for hydroxylation is 1. The van der Waals surface area contributed by atoms with Crippen molar-refractivity contribution in [3.63, 3.8) is 0 Å². The molecular formula is C20H21F3N2O3S. The summed E-state index contributed by atoms with van der Waals surface area (Å²) in [5, 5.41) is 0. The molecule has 0 N–H and O–H groups in total. The van der Waals surface area contributed by atoms with Crippen LogP contribution < -0.4 is 0 Å². The summed E-state index contributed by atoms with van der Waals surface area (Å²) >= 11 is 0. The molecule has 2 aromatic rings. The van der Waals surface area contributed by atoms with E-state index in [1.54, 1.807) is 24.3 Å². The minimum absolute atomic E-state index is 0.0605. The minimum Gasteiger partial charge on any atom is -0.337 e. The highest BCUT2D eigenvalue weighted by atomic mass is 32.2. The molecule has 0 spiro atoms. The van der Waals surface area contributed by atoms with Gasteiger partial charge in [0.15, 0.2) is 0 Å². The van der Waals surface area contributed by atoms with Gasteiger partial charge in [0.1, 0.15) is 0 Å². The third kappa shape index (κ3) is 4.79. The Kier molecular flexibility index (Phi) is 6.00. The van der Waals surface area contributed by atoms with Gasteiger partial charge in [0.05, 0.1) is 10.5 Å². The van der Waals surface area contributed by atoms with Crippen LogP contribution in [0.5, 0.6) is 0 Å². The third-order valence-electron chi connectivity index (χ3n) is 4.84. The molecule has 0 atom stereocenters. The predicted octanol–water partition coefficient (Wildman–Crippen LogP) is 3.55. The molecule has 29 heavy (non-hydrogen) atoms. The zero-order valence-corrected chi connectivity index (χ0v) is 16.6. The van der Waals surface area contributed by atoms with Crippen molar-refractivity contribution < 1.29 is 26.4 Å². The maximum atomic E-state index is 12.9. The normalized spacial score (nSPS) is 16.5. The lowest BCUT2D eigenvalue weighted by Crippen LogP contribution is -2.37. The topological polar surface area (TPSA) is 57.7 Å². The van der Waals surface area contributed by atoms with Crippen molar-refractivity contribution in [3.8, 4) is 0 Å². The van der Waals surface area contributed by atoms with Gasteiger partial charge in [0.2, 0.25) is 10.0 Å². The molecule has 0 unspecified atom stereocenters. The first-order chi connectivity index (χ1) is 13.6. The lowest BCUT2D eigenvalue weighted by molar-refractivity contribution is -0.137. The summed E-state index contributed by atoms with van der Waals surface area (Å²) in [5.41, 5.74) is -0.00547.